The smallest absolute Gasteiger partial charge is 0.323 e. The molecule has 0 aliphatic rings. The summed E-state index contributed by atoms with van der Waals surface area (Å²) in [6.07, 6.45) is 0.246. The van der Waals surface area contributed by atoms with Gasteiger partial charge in [-0.3, -0.25) is 9.59 Å². The van der Waals surface area contributed by atoms with Gasteiger partial charge in [0.05, 0.1) is 66.1 Å². The van der Waals surface area contributed by atoms with Crippen molar-refractivity contribution in [2.45, 2.75) is 40.5 Å². The van der Waals surface area contributed by atoms with Crippen molar-refractivity contribution in [2.75, 3.05) is 92.5 Å². The molecule has 33 heavy (non-hydrogen) atoms. The van der Waals surface area contributed by atoms with Crippen LogP contribution >= 0.6 is 0 Å². The number of hydrogen-bond acceptors (Lipinski definition) is 10. The Balaban J connectivity index is 4.63. The number of hydrogen-bond donors (Lipinski definition) is 0. The van der Waals surface area contributed by atoms with Gasteiger partial charge in [-0.2, -0.15) is 0 Å². The van der Waals surface area contributed by atoms with E-state index in [1.165, 1.54) is 0 Å². The molecular weight excluding hydrogens is 436 g/mol. The highest BCUT2D eigenvalue weighted by molar-refractivity contribution is 6.00. The molecule has 0 rings (SSSR count). The van der Waals surface area contributed by atoms with Crippen LogP contribution in [0.1, 0.15) is 40.5 Å². The first kappa shape index (κ1) is 31.7. The van der Waals surface area contributed by atoms with Gasteiger partial charge in [0, 0.05) is 26.4 Å². The van der Waals surface area contributed by atoms with Gasteiger partial charge in [-0.25, -0.2) is 0 Å². The van der Waals surface area contributed by atoms with E-state index in [9.17, 15) is 9.59 Å². The van der Waals surface area contributed by atoms with E-state index in [1.54, 1.807) is 13.8 Å². The molecule has 0 unspecified atom stereocenters. The zero-order valence-corrected chi connectivity index (χ0v) is 20.9. The molecule has 0 saturated carbocycles. The SMILES string of the molecule is CCOCCOCCOCCC(CCOCCOCCOCC)(C(=O)OCC)C(=O)OCC. The lowest BCUT2D eigenvalue weighted by Crippen LogP contribution is -2.44. The molecule has 0 aromatic carbocycles. The second kappa shape index (κ2) is 22.5. The Kier molecular flexibility index (Phi) is 21.6. The van der Waals surface area contributed by atoms with Crippen LogP contribution in [0.5, 0.6) is 0 Å². The molecule has 0 aliphatic heterocycles. The summed E-state index contributed by atoms with van der Waals surface area (Å²) in [5.74, 6) is -1.26. The lowest BCUT2D eigenvalue weighted by molar-refractivity contribution is -0.175. The van der Waals surface area contributed by atoms with E-state index in [-0.39, 0.29) is 39.3 Å². The number of carbonyl (C=O) groups is 2. The average molecular weight is 481 g/mol. The molecule has 0 fully saturated rings. The van der Waals surface area contributed by atoms with Crippen LogP contribution in [0.3, 0.4) is 0 Å². The minimum atomic E-state index is -1.49. The maximum Gasteiger partial charge on any atom is 0.323 e. The lowest BCUT2D eigenvalue weighted by atomic mass is 9.81. The third-order valence-electron chi connectivity index (χ3n) is 4.57. The topological polar surface area (TPSA) is 108 Å². The fourth-order valence-electron chi connectivity index (χ4n) is 2.82. The molecule has 0 amide bonds. The van der Waals surface area contributed by atoms with E-state index in [0.29, 0.717) is 66.1 Å². The second-order valence-corrected chi connectivity index (χ2v) is 6.87. The van der Waals surface area contributed by atoms with Crippen molar-refractivity contribution in [1.82, 2.24) is 0 Å². The Morgan fingerprint density at radius 3 is 1.06 bits per heavy atom. The molecule has 0 N–H and O–H groups in total. The summed E-state index contributed by atoms with van der Waals surface area (Å²) in [5.41, 5.74) is -1.49. The first-order chi connectivity index (χ1) is 16.1. The molecule has 0 aromatic heterocycles. The Morgan fingerprint density at radius 1 is 0.455 bits per heavy atom. The summed E-state index contributed by atoms with van der Waals surface area (Å²) in [4.78, 5) is 25.6. The monoisotopic (exact) mass is 480 g/mol. The molecule has 0 atom stereocenters. The van der Waals surface area contributed by atoms with Gasteiger partial charge in [-0.05, 0) is 40.5 Å². The predicted octanol–water partition coefficient (Wildman–Crippen LogP) is 2.02. The van der Waals surface area contributed by atoms with Crippen LogP contribution in [0.4, 0.5) is 0 Å². The lowest BCUT2D eigenvalue weighted by Gasteiger charge is -2.29. The van der Waals surface area contributed by atoms with Gasteiger partial charge < -0.3 is 37.9 Å². The van der Waals surface area contributed by atoms with Crippen molar-refractivity contribution in [1.29, 1.82) is 0 Å². The van der Waals surface area contributed by atoms with Crippen molar-refractivity contribution in [3.05, 3.63) is 0 Å². The van der Waals surface area contributed by atoms with Crippen LogP contribution in [0.2, 0.25) is 0 Å². The van der Waals surface area contributed by atoms with E-state index in [4.69, 9.17) is 37.9 Å². The molecule has 0 heterocycles. The summed E-state index contributed by atoms with van der Waals surface area (Å²) in [5, 5.41) is 0. The highest BCUT2D eigenvalue weighted by Crippen LogP contribution is 2.31. The zero-order valence-electron chi connectivity index (χ0n) is 20.9. The quantitative estimate of drug-likeness (QED) is 0.116. The summed E-state index contributed by atoms with van der Waals surface area (Å²) in [6, 6.07) is 0. The third-order valence-corrected chi connectivity index (χ3v) is 4.57. The number of carbonyl (C=O) groups excluding carboxylic acids is 2. The molecule has 0 saturated heterocycles. The van der Waals surface area contributed by atoms with Crippen LogP contribution in [0.15, 0.2) is 0 Å². The van der Waals surface area contributed by atoms with Crippen LogP contribution in [0.25, 0.3) is 0 Å². The molecule has 10 heteroatoms. The van der Waals surface area contributed by atoms with Gasteiger partial charge in [0.1, 0.15) is 0 Å². The van der Waals surface area contributed by atoms with Gasteiger partial charge in [0.2, 0.25) is 0 Å². The van der Waals surface area contributed by atoms with E-state index < -0.39 is 17.4 Å². The maximum absolute atomic E-state index is 12.8. The summed E-state index contributed by atoms with van der Waals surface area (Å²) in [6.45, 7) is 12.7. The number of esters is 2. The van der Waals surface area contributed by atoms with Crippen molar-refractivity contribution >= 4 is 11.9 Å². The Hall–Kier alpha value is -1.30. The largest absolute Gasteiger partial charge is 0.465 e. The highest BCUT2D eigenvalue weighted by atomic mass is 16.6. The second-order valence-electron chi connectivity index (χ2n) is 6.87. The predicted molar refractivity (Wildman–Crippen MR) is 121 cm³/mol. The normalized spacial score (nSPS) is 11.5. The molecule has 0 aliphatic carbocycles. The molecular formula is C23H44O10. The van der Waals surface area contributed by atoms with Crippen molar-refractivity contribution < 1.29 is 47.5 Å². The maximum atomic E-state index is 12.8. The van der Waals surface area contributed by atoms with Gasteiger partial charge in [-0.1, -0.05) is 0 Å². The van der Waals surface area contributed by atoms with Crippen molar-refractivity contribution in [3.8, 4) is 0 Å². The van der Waals surface area contributed by atoms with Gasteiger partial charge in [0.15, 0.2) is 5.41 Å². The molecule has 0 bridgehead atoms. The van der Waals surface area contributed by atoms with E-state index in [0.717, 1.165) is 0 Å². The molecule has 10 nitrogen and oxygen atoms in total. The number of ether oxygens (including phenoxy) is 8. The first-order valence-corrected chi connectivity index (χ1v) is 11.9. The zero-order chi connectivity index (χ0) is 24.6. The van der Waals surface area contributed by atoms with Crippen LogP contribution in [-0.2, 0) is 47.5 Å². The first-order valence-electron chi connectivity index (χ1n) is 11.9. The molecule has 0 radical (unpaired) electrons. The Labute approximate surface area is 198 Å². The fourth-order valence-corrected chi connectivity index (χ4v) is 2.82. The van der Waals surface area contributed by atoms with Crippen LogP contribution in [-0.4, -0.2) is 104 Å². The van der Waals surface area contributed by atoms with E-state index in [2.05, 4.69) is 0 Å². The minimum Gasteiger partial charge on any atom is -0.465 e. The standard InChI is InChI=1S/C23H44O10/c1-5-26-13-15-30-19-17-28-11-9-23(21(24)32-7-3,22(25)33-8-4)10-12-29-18-20-31-16-14-27-6-2/h5-20H2,1-4H3. The van der Waals surface area contributed by atoms with E-state index in [1.807, 2.05) is 13.8 Å². The van der Waals surface area contributed by atoms with Gasteiger partial charge >= 0.3 is 11.9 Å². The highest BCUT2D eigenvalue weighted by Gasteiger charge is 2.48. The average Bonchev–Trinajstić information content (AvgIpc) is 2.80. The molecule has 196 valence electrons. The Morgan fingerprint density at radius 2 is 0.758 bits per heavy atom. The van der Waals surface area contributed by atoms with Crippen LogP contribution < -0.4 is 0 Å². The van der Waals surface area contributed by atoms with Gasteiger partial charge in [0.25, 0.3) is 0 Å². The summed E-state index contributed by atoms with van der Waals surface area (Å²) < 4.78 is 42.8. The van der Waals surface area contributed by atoms with E-state index >= 15 is 0 Å². The minimum absolute atomic E-state index is 0.123. The summed E-state index contributed by atoms with van der Waals surface area (Å²) in [7, 11) is 0. The molecule has 0 spiro atoms. The fraction of sp³-hybridized carbons (Fsp3) is 0.913. The van der Waals surface area contributed by atoms with Crippen molar-refractivity contribution in [3.63, 3.8) is 0 Å². The van der Waals surface area contributed by atoms with Crippen molar-refractivity contribution in [2.24, 2.45) is 5.41 Å². The third kappa shape index (κ3) is 15.3. The molecule has 0 aromatic rings. The Bertz CT molecular complexity index is 430. The van der Waals surface area contributed by atoms with Gasteiger partial charge in [-0.15, -0.1) is 0 Å². The van der Waals surface area contributed by atoms with Crippen LogP contribution in [0, 0.1) is 5.41 Å². The number of rotatable bonds is 24. The summed E-state index contributed by atoms with van der Waals surface area (Å²) >= 11 is 0.